The Hall–Kier alpha value is -1.84. The van der Waals surface area contributed by atoms with Crippen molar-refractivity contribution in [2.45, 2.75) is 26.2 Å². The zero-order valence-electron chi connectivity index (χ0n) is 12.1. The van der Waals surface area contributed by atoms with Crippen molar-refractivity contribution in [2.24, 2.45) is 5.92 Å². The fourth-order valence-electron chi connectivity index (χ4n) is 3.16. The van der Waals surface area contributed by atoms with Crippen LogP contribution in [0.4, 0.5) is 11.4 Å². The van der Waals surface area contributed by atoms with Gasteiger partial charge >= 0.3 is 0 Å². The maximum atomic E-state index is 11.8. The highest BCUT2D eigenvalue weighted by molar-refractivity contribution is 6.52. The second-order valence-corrected chi connectivity index (χ2v) is 5.73. The van der Waals surface area contributed by atoms with Crippen molar-refractivity contribution in [2.75, 3.05) is 29.9 Å². The fraction of sp³-hybridized carbons (Fsp3) is 0.500. The van der Waals surface area contributed by atoms with Crippen molar-refractivity contribution in [3.05, 3.63) is 23.8 Å². The van der Waals surface area contributed by atoms with Gasteiger partial charge in [0.05, 0.1) is 11.3 Å². The van der Waals surface area contributed by atoms with Crippen molar-refractivity contribution >= 4 is 23.1 Å². The van der Waals surface area contributed by atoms with Gasteiger partial charge in [-0.25, -0.2) is 0 Å². The summed E-state index contributed by atoms with van der Waals surface area (Å²) in [6, 6.07) is 5.74. The van der Waals surface area contributed by atoms with Crippen LogP contribution < -0.4 is 9.80 Å². The molecule has 0 N–H and O–H groups in total. The number of Topliss-reactive ketones (excluding diaryl/α,β-unsaturated/α-hetero) is 1. The predicted octanol–water partition coefficient (Wildman–Crippen LogP) is 2.47. The van der Waals surface area contributed by atoms with E-state index in [1.165, 1.54) is 24.2 Å². The molecule has 1 saturated heterocycles. The first-order chi connectivity index (χ1) is 9.61. The molecule has 0 atom stereocenters. The van der Waals surface area contributed by atoms with Crippen LogP contribution in [0.2, 0.25) is 0 Å². The molecular weight excluding hydrogens is 252 g/mol. The van der Waals surface area contributed by atoms with Crippen molar-refractivity contribution < 1.29 is 9.59 Å². The van der Waals surface area contributed by atoms with Crippen LogP contribution in [0.3, 0.4) is 0 Å². The summed E-state index contributed by atoms with van der Waals surface area (Å²) >= 11 is 0. The van der Waals surface area contributed by atoms with Gasteiger partial charge in [-0.1, -0.05) is 13.3 Å². The summed E-state index contributed by atoms with van der Waals surface area (Å²) in [5, 5.41) is 0. The Morgan fingerprint density at radius 1 is 1.20 bits per heavy atom. The average Bonchev–Trinajstić information content (AvgIpc) is 2.72. The van der Waals surface area contributed by atoms with E-state index >= 15 is 0 Å². The zero-order valence-corrected chi connectivity index (χ0v) is 12.1. The van der Waals surface area contributed by atoms with Gasteiger partial charge in [0.25, 0.3) is 11.7 Å². The normalized spacial score (nSPS) is 19.7. The van der Waals surface area contributed by atoms with E-state index in [-0.39, 0.29) is 0 Å². The molecule has 0 bridgehead atoms. The van der Waals surface area contributed by atoms with E-state index in [0.29, 0.717) is 5.56 Å². The fourth-order valence-corrected chi connectivity index (χ4v) is 3.16. The molecule has 1 aromatic carbocycles. The van der Waals surface area contributed by atoms with E-state index in [0.717, 1.165) is 30.4 Å². The van der Waals surface area contributed by atoms with Crippen LogP contribution in [0.15, 0.2) is 18.2 Å². The van der Waals surface area contributed by atoms with Crippen LogP contribution in [0.1, 0.15) is 36.5 Å². The number of carbonyl (C=O) groups is 2. The predicted molar refractivity (Wildman–Crippen MR) is 79.4 cm³/mol. The Kier molecular flexibility index (Phi) is 3.24. The van der Waals surface area contributed by atoms with Crippen molar-refractivity contribution in [1.29, 1.82) is 0 Å². The molecule has 0 aliphatic carbocycles. The number of carbonyl (C=O) groups excluding carboxylic acids is 2. The lowest BCUT2D eigenvalue weighted by Crippen LogP contribution is -2.33. The smallest absolute Gasteiger partial charge is 0.299 e. The third-order valence-electron chi connectivity index (χ3n) is 4.64. The Balaban J connectivity index is 1.84. The lowest BCUT2D eigenvalue weighted by Gasteiger charge is -2.33. The number of nitrogens with zero attached hydrogens (tertiary/aromatic N) is 2. The average molecular weight is 272 g/mol. The summed E-state index contributed by atoms with van der Waals surface area (Å²) < 4.78 is 0. The molecule has 0 spiro atoms. The third kappa shape index (κ3) is 1.99. The van der Waals surface area contributed by atoms with Gasteiger partial charge in [-0.2, -0.15) is 0 Å². The van der Waals surface area contributed by atoms with Gasteiger partial charge in [0.2, 0.25) is 0 Å². The van der Waals surface area contributed by atoms with Crippen molar-refractivity contribution in [3.63, 3.8) is 0 Å². The summed E-state index contributed by atoms with van der Waals surface area (Å²) in [5.74, 6) is 0.0205. The number of hydrogen-bond donors (Lipinski definition) is 0. The second-order valence-electron chi connectivity index (χ2n) is 5.73. The summed E-state index contributed by atoms with van der Waals surface area (Å²) in [6.07, 6.45) is 3.70. The summed E-state index contributed by atoms with van der Waals surface area (Å²) in [5.41, 5.74) is 2.40. The van der Waals surface area contributed by atoms with E-state index in [9.17, 15) is 9.59 Å². The minimum Gasteiger partial charge on any atom is -0.371 e. The minimum atomic E-state index is -0.429. The van der Waals surface area contributed by atoms with Crippen molar-refractivity contribution in [3.8, 4) is 0 Å². The summed E-state index contributed by atoms with van der Waals surface area (Å²) in [4.78, 5) is 27.3. The highest BCUT2D eigenvalue weighted by Gasteiger charge is 2.33. The molecule has 1 fully saturated rings. The maximum absolute atomic E-state index is 11.8. The molecule has 2 aliphatic heterocycles. The highest BCUT2D eigenvalue weighted by atomic mass is 16.2. The minimum absolute atomic E-state index is 0.390. The molecule has 3 rings (SSSR count). The highest BCUT2D eigenvalue weighted by Crippen LogP contribution is 2.33. The van der Waals surface area contributed by atoms with Crippen LogP contribution in [0, 0.1) is 5.92 Å². The number of benzene rings is 1. The number of amides is 1. The molecule has 4 nitrogen and oxygen atoms in total. The van der Waals surface area contributed by atoms with Crippen LogP contribution >= 0.6 is 0 Å². The molecule has 20 heavy (non-hydrogen) atoms. The molecule has 1 aromatic rings. The van der Waals surface area contributed by atoms with Gasteiger partial charge in [-0.05, 0) is 37.0 Å². The molecule has 0 radical (unpaired) electrons. The first kappa shape index (κ1) is 13.2. The number of rotatable bonds is 2. The lowest BCUT2D eigenvalue weighted by molar-refractivity contribution is -0.114. The van der Waals surface area contributed by atoms with E-state index in [1.54, 1.807) is 13.1 Å². The number of anilines is 2. The van der Waals surface area contributed by atoms with Gasteiger partial charge < -0.3 is 9.80 Å². The molecule has 1 amide bonds. The molecule has 106 valence electrons. The second kappa shape index (κ2) is 4.93. The number of ketones is 1. The molecule has 2 aliphatic rings. The molecule has 4 heteroatoms. The number of fused-ring (bicyclic) bond motifs is 1. The summed E-state index contributed by atoms with van der Waals surface area (Å²) in [6.45, 7) is 4.37. The number of likely N-dealkylation sites (N-methyl/N-ethyl adjacent to an activating group) is 1. The summed E-state index contributed by atoms with van der Waals surface area (Å²) in [7, 11) is 1.67. The Morgan fingerprint density at radius 2 is 1.90 bits per heavy atom. The zero-order chi connectivity index (χ0) is 14.3. The van der Waals surface area contributed by atoms with Gasteiger partial charge in [0.15, 0.2) is 0 Å². The monoisotopic (exact) mass is 272 g/mol. The Labute approximate surface area is 119 Å². The topological polar surface area (TPSA) is 40.6 Å². The van der Waals surface area contributed by atoms with Crippen LogP contribution in [-0.2, 0) is 4.79 Å². The third-order valence-corrected chi connectivity index (χ3v) is 4.64. The van der Waals surface area contributed by atoms with E-state index in [2.05, 4.69) is 11.8 Å². The standard InChI is InChI=1S/C16H20N2O2/c1-3-11-6-8-18(9-7-11)12-4-5-13-14(10-12)17(2)16(20)15(13)19/h4-5,10-11H,3,6-9H2,1-2H3. The SMILES string of the molecule is CCC1CCN(c2ccc3c(c2)N(C)C(=O)C3=O)CC1. The van der Waals surface area contributed by atoms with Gasteiger partial charge in [-0.3, -0.25) is 9.59 Å². The Morgan fingerprint density at radius 3 is 2.55 bits per heavy atom. The maximum Gasteiger partial charge on any atom is 0.299 e. The van der Waals surface area contributed by atoms with Gasteiger partial charge in [0, 0.05) is 25.8 Å². The molecule has 2 heterocycles. The number of hydrogen-bond acceptors (Lipinski definition) is 3. The largest absolute Gasteiger partial charge is 0.371 e. The van der Waals surface area contributed by atoms with E-state index in [4.69, 9.17) is 0 Å². The first-order valence-corrected chi connectivity index (χ1v) is 7.33. The van der Waals surface area contributed by atoms with Gasteiger partial charge in [-0.15, -0.1) is 0 Å². The van der Waals surface area contributed by atoms with E-state index in [1.807, 2.05) is 12.1 Å². The first-order valence-electron chi connectivity index (χ1n) is 7.33. The molecule has 0 saturated carbocycles. The molecule has 0 aromatic heterocycles. The quantitative estimate of drug-likeness (QED) is 0.777. The van der Waals surface area contributed by atoms with Crippen molar-refractivity contribution in [1.82, 2.24) is 0 Å². The van der Waals surface area contributed by atoms with Crippen LogP contribution in [-0.4, -0.2) is 31.8 Å². The molecule has 0 unspecified atom stereocenters. The van der Waals surface area contributed by atoms with E-state index < -0.39 is 11.7 Å². The Bertz CT molecular complexity index is 560. The van der Waals surface area contributed by atoms with Crippen LogP contribution in [0.5, 0.6) is 0 Å². The van der Waals surface area contributed by atoms with Gasteiger partial charge in [0.1, 0.15) is 0 Å². The molecular formula is C16H20N2O2. The number of piperidine rings is 1. The van der Waals surface area contributed by atoms with Crippen LogP contribution in [0.25, 0.3) is 0 Å². The lowest BCUT2D eigenvalue weighted by atomic mass is 9.94.